The third kappa shape index (κ3) is 8.98. The fourth-order valence-corrected chi connectivity index (χ4v) is 6.05. The van der Waals surface area contributed by atoms with Crippen LogP contribution in [0.4, 0.5) is 0 Å². The molecule has 3 aromatic carbocycles. The summed E-state index contributed by atoms with van der Waals surface area (Å²) in [5, 5.41) is 4.08. The van der Waals surface area contributed by atoms with Crippen LogP contribution < -0.4 is 10.1 Å². The Balaban J connectivity index is 1.63. The summed E-state index contributed by atoms with van der Waals surface area (Å²) in [6, 6.07) is 20.3. The monoisotopic (exact) mass is 672 g/mol. The van der Waals surface area contributed by atoms with E-state index in [0.717, 1.165) is 46.8 Å². The first-order chi connectivity index (χ1) is 20.0. The van der Waals surface area contributed by atoms with Gasteiger partial charge >= 0.3 is 0 Å². The average molecular weight is 675 g/mol. The van der Waals surface area contributed by atoms with E-state index in [9.17, 15) is 9.59 Å². The molecule has 0 bridgehead atoms. The van der Waals surface area contributed by atoms with Crippen molar-refractivity contribution in [1.29, 1.82) is 0 Å². The van der Waals surface area contributed by atoms with Crippen molar-refractivity contribution >= 4 is 50.9 Å². The molecular formula is C34H39BrCl2N2O3. The van der Waals surface area contributed by atoms with E-state index in [0.29, 0.717) is 22.2 Å². The second-order valence-corrected chi connectivity index (χ2v) is 13.7. The topological polar surface area (TPSA) is 58.6 Å². The Morgan fingerprint density at radius 2 is 1.67 bits per heavy atom. The first-order valence-corrected chi connectivity index (χ1v) is 16.1. The highest BCUT2D eigenvalue weighted by Crippen LogP contribution is 2.32. The zero-order valence-corrected chi connectivity index (χ0v) is 27.6. The summed E-state index contributed by atoms with van der Waals surface area (Å²) in [4.78, 5) is 29.5. The summed E-state index contributed by atoms with van der Waals surface area (Å²) in [7, 11) is 0. The van der Waals surface area contributed by atoms with Gasteiger partial charge in [0.2, 0.25) is 5.91 Å². The maximum Gasteiger partial charge on any atom is 0.261 e. The maximum atomic E-state index is 14.0. The molecule has 42 heavy (non-hydrogen) atoms. The summed E-state index contributed by atoms with van der Waals surface area (Å²) in [6.45, 7) is 6.39. The van der Waals surface area contributed by atoms with Gasteiger partial charge in [0.15, 0.2) is 6.61 Å². The van der Waals surface area contributed by atoms with Gasteiger partial charge in [-0.2, -0.15) is 0 Å². The van der Waals surface area contributed by atoms with Crippen LogP contribution in [0.2, 0.25) is 10.0 Å². The molecule has 1 aliphatic rings. The number of halogens is 3. The number of amides is 2. The molecule has 1 unspecified atom stereocenters. The molecule has 1 N–H and O–H groups in total. The molecule has 1 fully saturated rings. The van der Waals surface area contributed by atoms with Gasteiger partial charge in [0.1, 0.15) is 11.8 Å². The molecule has 8 heteroatoms. The molecule has 1 aliphatic carbocycles. The smallest absolute Gasteiger partial charge is 0.261 e. The number of carbonyl (C=O) groups is 2. The standard InChI is InChI=1S/C34H39BrCl2N2O3/c1-34(2,3)25-15-17-31(27(35)20-25)42-22-32(40)39(21-24-14-16-28(36)29(37)18-24)30(19-23-10-6-4-7-11-23)33(41)38-26-12-8-5-9-13-26/h4,6-7,10-11,14-18,20,26,30H,5,8-9,12-13,19,21-22H2,1-3H3,(H,38,41). The Kier molecular flexibility index (Phi) is 11.4. The van der Waals surface area contributed by atoms with Gasteiger partial charge in [0.05, 0.1) is 14.5 Å². The lowest BCUT2D eigenvalue weighted by molar-refractivity contribution is -0.143. The van der Waals surface area contributed by atoms with Gasteiger partial charge in [0.25, 0.3) is 5.91 Å². The lowest BCUT2D eigenvalue weighted by atomic mass is 9.87. The minimum atomic E-state index is -0.744. The van der Waals surface area contributed by atoms with Crippen LogP contribution in [0.3, 0.4) is 0 Å². The van der Waals surface area contributed by atoms with Gasteiger partial charge in [0, 0.05) is 19.0 Å². The van der Waals surface area contributed by atoms with Gasteiger partial charge in [-0.25, -0.2) is 0 Å². The fraction of sp³-hybridized carbons (Fsp3) is 0.412. The normalized spacial score (nSPS) is 14.7. The summed E-state index contributed by atoms with van der Waals surface area (Å²) in [5.41, 5.74) is 2.87. The zero-order valence-electron chi connectivity index (χ0n) is 24.5. The van der Waals surface area contributed by atoms with Crippen LogP contribution in [0.25, 0.3) is 0 Å². The molecule has 1 saturated carbocycles. The summed E-state index contributed by atoms with van der Waals surface area (Å²) in [5.74, 6) is 0.111. The first kappa shape index (κ1) is 32.4. The molecule has 0 heterocycles. The van der Waals surface area contributed by atoms with Crippen LogP contribution >= 0.6 is 39.1 Å². The van der Waals surface area contributed by atoms with Crippen molar-refractivity contribution in [2.24, 2.45) is 0 Å². The number of carbonyl (C=O) groups excluding carboxylic acids is 2. The highest BCUT2D eigenvalue weighted by atomic mass is 79.9. The highest BCUT2D eigenvalue weighted by Gasteiger charge is 2.32. The number of nitrogens with one attached hydrogen (secondary N) is 1. The molecule has 2 amide bonds. The number of ether oxygens (including phenoxy) is 1. The Bertz CT molecular complexity index is 1370. The Morgan fingerprint density at radius 3 is 2.31 bits per heavy atom. The van der Waals surface area contributed by atoms with Crippen LogP contribution in [-0.4, -0.2) is 35.4 Å². The quantitative estimate of drug-likeness (QED) is 0.235. The van der Waals surface area contributed by atoms with E-state index in [4.69, 9.17) is 27.9 Å². The average Bonchev–Trinajstić information content (AvgIpc) is 2.96. The van der Waals surface area contributed by atoms with Crippen molar-refractivity contribution in [3.05, 3.63) is 97.9 Å². The van der Waals surface area contributed by atoms with E-state index in [1.807, 2.05) is 54.6 Å². The van der Waals surface area contributed by atoms with Crippen molar-refractivity contribution in [2.75, 3.05) is 6.61 Å². The van der Waals surface area contributed by atoms with Crippen LogP contribution in [0.1, 0.15) is 69.6 Å². The highest BCUT2D eigenvalue weighted by molar-refractivity contribution is 9.10. The van der Waals surface area contributed by atoms with Crippen molar-refractivity contribution in [2.45, 2.75) is 83.3 Å². The molecule has 5 nitrogen and oxygen atoms in total. The summed E-state index contributed by atoms with van der Waals surface area (Å²) >= 11 is 16.1. The molecule has 0 aliphatic heterocycles. The molecule has 224 valence electrons. The first-order valence-electron chi connectivity index (χ1n) is 14.5. The number of benzene rings is 3. The van der Waals surface area contributed by atoms with Crippen LogP contribution in [0.15, 0.2) is 71.2 Å². The Hall–Kier alpha value is -2.54. The second-order valence-electron chi connectivity index (χ2n) is 12.0. The van der Waals surface area contributed by atoms with E-state index in [-0.39, 0.29) is 36.4 Å². The second kappa shape index (κ2) is 14.8. The number of hydrogen-bond donors (Lipinski definition) is 1. The predicted molar refractivity (Wildman–Crippen MR) is 174 cm³/mol. The van der Waals surface area contributed by atoms with E-state index in [1.54, 1.807) is 17.0 Å². The molecule has 0 aromatic heterocycles. The lowest BCUT2D eigenvalue weighted by Crippen LogP contribution is -2.53. The van der Waals surface area contributed by atoms with Gasteiger partial charge in [-0.1, -0.05) is 106 Å². The lowest BCUT2D eigenvalue weighted by Gasteiger charge is -2.33. The summed E-state index contributed by atoms with van der Waals surface area (Å²) < 4.78 is 6.81. The van der Waals surface area contributed by atoms with Crippen molar-refractivity contribution < 1.29 is 14.3 Å². The van der Waals surface area contributed by atoms with Crippen LogP contribution in [0.5, 0.6) is 5.75 Å². The third-order valence-electron chi connectivity index (χ3n) is 7.71. The fourth-order valence-electron chi connectivity index (χ4n) is 5.24. The van der Waals surface area contributed by atoms with Crippen molar-refractivity contribution in [3.8, 4) is 5.75 Å². The molecule has 3 aromatic rings. The van der Waals surface area contributed by atoms with E-state index >= 15 is 0 Å². The van der Waals surface area contributed by atoms with Gasteiger partial charge in [-0.05, 0) is 75.1 Å². The van der Waals surface area contributed by atoms with Gasteiger partial charge < -0.3 is 15.0 Å². The van der Waals surface area contributed by atoms with Gasteiger partial charge in [-0.15, -0.1) is 0 Å². The zero-order chi connectivity index (χ0) is 30.3. The third-order valence-corrected chi connectivity index (χ3v) is 9.07. The molecular weight excluding hydrogens is 635 g/mol. The molecule has 1 atom stereocenters. The van der Waals surface area contributed by atoms with E-state index < -0.39 is 6.04 Å². The minimum Gasteiger partial charge on any atom is -0.483 e. The van der Waals surface area contributed by atoms with E-state index in [1.165, 1.54) is 6.42 Å². The van der Waals surface area contributed by atoms with Crippen LogP contribution in [-0.2, 0) is 28.0 Å². The van der Waals surface area contributed by atoms with E-state index in [2.05, 4.69) is 42.0 Å². The Morgan fingerprint density at radius 1 is 0.952 bits per heavy atom. The summed E-state index contributed by atoms with van der Waals surface area (Å²) in [6.07, 6.45) is 5.65. The molecule has 0 saturated heterocycles. The Labute approximate surface area is 268 Å². The number of nitrogens with zero attached hydrogens (tertiary/aromatic N) is 1. The van der Waals surface area contributed by atoms with Crippen LogP contribution in [0, 0.1) is 0 Å². The minimum absolute atomic E-state index is 0.0239. The SMILES string of the molecule is CC(C)(C)c1ccc(OCC(=O)N(Cc2ccc(Cl)c(Cl)c2)C(Cc2ccccc2)C(=O)NC2CCCCC2)c(Br)c1. The predicted octanol–water partition coefficient (Wildman–Crippen LogP) is 8.52. The van der Waals surface area contributed by atoms with Crippen molar-refractivity contribution in [3.63, 3.8) is 0 Å². The largest absolute Gasteiger partial charge is 0.483 e. The number of rotatable bonds is 10. The number of hydrogen-bond acceptors (Lipinski definition) is 3. The molecule has 0 spiro atoms. The van der Waals surface area contributed by atoms with Gasteiger partial charge in [-0.3, -0.25) is 9.59 Å². The maximum absolute atomic E-state index is 14.0. The van der Waals surface area contributed by atoms with Crippen molar-refractivity contribution in [1.82, 2.24) is 10.2 Å². The molecule has 0 radical (unpaired) electrons. The molecule has 4 rings (SSSR count).